The monoisotopic (exact) mass is 244 g/mol. The molecular formula is C12H16N6. The summed E-state index contributed by atoms with van der Waals surface area (Å²) in [4.78, 5) is 7.03. The normalized spacial score (nSPS) is 19.4. The zero-order valence-corrected chi connectivity index (χ0v) is 10.3. The molecule has 2 aromatic heterocycles. The summed E-state index contributed by atoms with van der Waals surface area (Å²) >= 11 is 0. The summed E-state index contributed by atoms with van der Waals surface area (Å²) in [5, 5.41) is 11.9. The Hall–Kier alpha value is -1.72. The third-order valence-corrected chi connectivity index (χ3v) is 4.00. The van der Waals surface area contributed by atoms with E-state index in [4.69, 9.17) is 0 Å². The molecule has 94 valence electrons. The van der Waals surface area contributed by atoms with E-state index in [9.17, 15) is 0 Å². The fourth-order valence-corrected chi connectivity index (χ4v) is 3.15. The Morgan fingerprint density at radius 3 is 2.67 bits per heavy atom. The van der Waals surface area contributed by atoms with E-state index in [1.807, 2.05) is 4.52 Å². The summed E-state index contributed by atoms with van der Waals surface area (Å²) in [7, 11) is 0. The predicted octanol–water partition coefficient (Wildman–Crippen LogP) is 0.998. The van der Waals surface area contributed by atoms with Crippen molar-refractivity contribution < 1.29 is 0 Å². The molecule has 1 saturated heterocycles. The van der Waals surface area contributed by atoms with Crippen molar-refractivity contribution in [3.8, 4) is 0 Å². The van der Waals surface area contributed by atoms with Gasteiger partial charge >= 0.3 is 0 Å². The zero-order chi connectivity index (χ0) is 11.9. The molecule has 18 heavy (non-hydrogen) atoms. The van der Waals surface area contributed by atoms with Gasteiger partial charge < -0.3 is 4.90 Å². The van der Waals surface area contributed by atoms with Crippen LogP contribution in [0.4, 0.5) is 5.82 Å². The van der Waals surface area contributed by atoms with Crippen LogP contribution in [0.2, 0.25) is 0 Å². The lowest BCUT2D eigenvalue weighted by molar-refractivity contribution is 0.652. The Labute approximate surface area is 105 Å². The van der Waals surface area contributed by atoms with Gasteiger partial charge in [-0.3, -0.25) is 0 Å². The molecule has 0 unspecified atom stereocenters. The van der Waals surface area contributed by atoms with E-state index >= 15 is 0 Å². The molecule has 1 aliphatic carbocycles. The zero-order valence-electron chi connectivity index (χ0n) is 10.3. The number of aromatic nitrogens is 5. The number of fused-ring (bicyclic) bond motifs is 2. The van der Waals surface area contributed by atoms with Gasteiger partial charge in [0.1, 0.15) is 5.82 Å². The van der Waals surface area contributed by atoms with Gasteiger partial charge in [0.25, 0.3) is 5.78 Å². The van der Waals surface area contributed by atoms with Crippen LogP contribution >= 0.6 is 0 Å². The van der Waals surface area contributed by atoms with Gasteiger partial charge in [-0.2, -0.15) is 4.52 Å². The maximum Gasteiger partial charge on any atom is 0.275 e. The first kappa shape index (κ1) is 10.2. The smallest absolute Gasteiger partial charge is 0.275 e. The lowest BCUT2D eigenvalue weighted by Crippen LogP contribution is -2.25. The SMILES string of the molecule is C1CCc2c(nc3nnnn3c2N2CCCC2)C1. The summed E-state index contributed by atoms with van der Waals surface area (Å²) in [6.07, 6.45) is 7.20. The fourth-order valence-electron chi connectivity index (χ4n) is 3.15. The molecule has 0 bridgehead atoms. The minimum Gasteiger partial charge on any atom is -0.356 e. The molecule has 4 rings (SSSR count). The maximum absolute atomic E-state index is 4.61. The molecule has 6 nitrogen and oxygen atoms in total. The van der Waals surface area contributed by atoms with Crippen molar-refractivity contribution >= 4 is 11.6 Å². The minimum absolute atomic E-state index is 0.651. The number of anilines is 1. The van der Waals surface area contributed by atoms with Gasteiger partial charge in [0, 0.05) is 18.7 Å². The number of nitrogens with zero attached hydrogens (tertiary/aromatic N) is 6. The standard InChI is InChI=1S/C12H16N6/c1-2-6-10-9(5-1)11(17-7-3-4-8-17)18-12(13-10)14-15-16-18/h1-8H2. The molecule has 0 amide bonds. The quantitative estimate of drug-likeness (QED) is 0.749. The Morgan fingerprint density at radius 2 is 1.78 bits per heavy atom. The van der Waals surface area contributed by atoms with Crippen molar-refractivity contribution in [2.75, 3.05) is 18.0 Å². The van der Waals surface area contributed by atoms with Crippen LogP contribution in [-0.4, -0.2) is 38.1 Å². The second-order valence-corrected chi connectivity index (χ2v) is 5.15. The highest BCUT2D eigenvalue weighted by atomic mass is 15.6. The summed E-state index contributed by atoms with van der Waals surface area (Å²) in [5.74, 6) is 1.86. The number of tetrazole rings is 1. The lowest BCUT2D eigenvalue weighted by atomic mass is 9.96. The molecule has 0 atom stereocenters. The van der Waals surface area contributed by atoms with E-state index < -0.39 is 0 Å². The van der Waals surface area contributed by atoms with Crippen molar-refractivity contribution in [2.45, 2.75) is 38.5 Å². The topological polar surface area (TPSA) is 59.2 Å². The van der Waals surface area contributed by atoms with Crippen molar-refractivity contribution in [3.63, 3.8) is 0 Å². The molecule has 0 radical (unpaired) electrons. The van der Waals surface area contributed by atoms with Crippen LogP contribution in [-0.2, 0) is 12.8 Å². The molecule has 1 aliphatic heterocycles. The third kappa shape index (κ3) is 1.41. The van der Waals surface area contributed by atoms with Crippen LogP contribution in [0.1, 0.15) is 36.9 Å². The molecular weight excluding hydrogens is 228 g/mol. The Kier molecular flexibility index (Phi) is 2.21. The van der Waals surface area contributed by atoms with Crippen molar-refractivity contribution in [3.05, 3.63) is 11.3 Å². The first-order valence-electron chi connectivity index (χ1n) is 6.78. The Bertz CT molecular complexity index is 584. The largest absolute Gasteiger partial charge is 0.356 e. The molecule has 2 aliphatic rings. The van der Waals surface area contributed by atoms with Crippen LogP contribution < -0.4 is 4.90 Å². The molecule has 3 heterocycles. The molecule has 0 aromatic carbocycles. The van der Waals surface area contributed by atoms with E-state index in [0.29, 0.717) is 5.78 Å². The molecule has 1 fully saturated rings. The summed E-state index contributed by atoms with van der Waals surface area (Å²) in [6.45, 7) is 2.23. The molecule has 0 spiro atoms. The Balaban J connectivity index is 1.97. The van der Waals surface area contributed by atoms with Gasteiger partial charge in [0.15, 0.2) is 0 Å². The van der Waals surface area contributed by atoms with E-state index in [1.54, 1.807) is 0 Å². The fraction of sp³-hybridized carbons (Fsp3) is 0.667. The highest BCUT2D eigenvalue weighted by Crippen LogP contribution is 2.31. The maximum atomic E-state index is 4.61. The highest BCUT2D eigenvalue weighted by molar-refractivity contribution is 5.55. The lowest BCUT2D eigenvalue weighted by Gasteiger charge is -2.25. The van der Waals surface area contributed by atoms with E-state index in [0.717, 1.165) is 25.9 Å². The van der Waals surface area contributed by atoms with Crippen molar-refractivity contribution in [1.82, 2.24) is 25.0 Å². The second kappa shape index (κ2) is 3.90. The van der Waals surface area contributed by atoms with Crippen LogP contribution in [0.15, 0.2) is 0 Å². The number of rotatable bonds is 1. The van der Waals surface area contributed by atoms with Crippen LogP contribution in [0.5, 0.6) is 0 Å². The van der Waals surface area contributed by atoms with E-state index in [1.165, 1.54) is 42.8 Å². The number of hydrogen-bond acceptors (Lipinski definition) is 5. The predicted molar refractivity (Wildman–Crippen MR) is 66.7 cm³/mol. The summed E-state index contributed by atoms with van der Waals surface area (Å²) in [6, 6.07) is 0. The third-order valence-electron chi connectivity index (χ3n) is 4.00. The first-order chi connectivity index (χ1) is 8.93. The average molecular weight is 244 g/mol. The van der Waals surface area contributed by atoms with Crippen LogP contribution in [0, 0.1) is 0 Å². The number of hydrogen-bond donors (Lipinski definition) is 0. The highest BCUT2D eigenvalue weighted by Gasteiger charge is 2.25. The van der Waals surface area contributed by atoms with Gasteiger partial charge in [-0.15, -0.1) is 0 Å². The first-order valence-corrected chi connectivity index (χ1v) is 6.78. The average Bonchev–Trinajstić information content (AvgIpc) is 3.06. The van der Waals surface area contributed by atoms with Gasteiger partial charge in [0.05, 0.1) is 5.69 Å². The van der Waals surface area contributed by atoms with Crippen molar-refractivity contribution in [1.29, 1.82) is 0 Å². The second-order valence-electron chi connectivity index (χ2n) is 5.15. The van der Waals surface area contributed by atoms with Gasteiger partial charge in [0.2, 0.25) is 0 Å². The molecule has 0 N–H and O–H groups in total. The summed E-state index contributed by atoms with van der Waals surface area (Å²) < 4.78 is 1.83. The molecule has 2 aromatic rings. The van der Waals surface area contributed by atoms with E-state index in [2.05, 4.69) is 25.4 Å². The van der Waals surface area contributed by atoms with Crippen molar-refractivity contribution in [2.24, 2.45) is 0 Å². The minimum atomic E-state index is 0.651. The Morgan fingerprint density at radius 1 is 0.944 bits per heavy atom. The summed E-state index contributed by atoms with van der Waals surface area (Å²) in [5.41, 5.74) is 2.59. The molecule has 0 saturated carbocycles. The van der Waals surface area contributed by atoms with Crippen LogP contribution in [0.3, 0.4) is 0 Å². The van der Waals surface area contributed by atoms with Crippen LogP contribution in [0.25, 0.3) is 5.78 Å². The number of aryl methyl sites for hydroxylation is 1. The molecule has 6 heteroatoms. The van der Waals surface area contributed by atoms with Gasteiger partial charge in [-0.25, -0.2) is 4.98 Å². The van der Waals surface area contributed by atoms with Gasteiger partial charge in [-0.1, -0.05) is 5.10 Å². The van der Waals surface area contributed by atoms with E-state index in [-0.39, 0.29) is 0 Å². The van der Waals surface area contributed by atoms with Gasteiger partial charge in [-0.05, 0) is 49.0 Å².